The smallest absolute Gasteiger partial charge is 0.272 e. The standard InChI is InChI=1S/C25H22ClFN4OS/c1-15(16-8-11-19(27)12-9-16)28-25(33)30-23-24(32)31(2)21-13-10-18(26)14-20(21)22(29-23)17-6-4-3-5-7-17/h3-15,23H,1-2H3,(H2,28,30,33). The van der Waals surface area contributed by atoms with E-state index in [1.54, 1.807) is 30.1 Å². The summed E-state index contributed by atoms with van der Waals surface area (Å²) in [6, 6.07) is 20.9. The number of thiocarbonyl (C=S) groups is 1. The van der Waals surface area contributed by atoms with E-state index in [0.717, 1.165) is 16.7 Å². The van der Waals surface area contributed by atoms with Crippen molar-refractivity contribution in [3.63, 3.8) is 0 Å². The molecule has 3 aromatic carbocycles. The highest BCUT2D eigenvalue weighted by atomic mass is 35.5. The summed E-state index contributed by atoms with van der Waals surface area (Å²) in [7, 11) is 1.70. The number of benzene rings is 3. The number of aliphatic imine (C=N–C) groups is 1. The molecule has 0 bridgehead atoms. The zero-order chi connectivity index (χ0) is 23.5. The molecule has 5 nitrogen and oxygen atoms in total. The first kappa shape index (κ1) is 22.9. The lowest BCUT2D eigenvalue weighted by molar-refractivity contribution is -0.119. The lowest BCUT2D eigenvalue weighted by Gasteiger charge is -2.23. The molecule has 33 heavy (non-hydrogen) atoms. The third-order valence-corrected chi connectivity index (χ3v) is 5.90. The van der Waals surface area contributed by atoms with E-state index in [4.69, 9.17) is 28.8 Å². The molecule has 1 amide bonds. The van der Waals surface area contributed by atoms with Gasteiger partial charge in [0.2, 0.25) is 6.17 Å². The van der Waals surface area contributed by atoms with Gasteiger partial charge in [0.15, 0.2) is 5.11 Å². The van der Waals surface area contributed by atoms with E-state index in [0.29, 0.717) is 16.4 Å². The Labute approximate surface area is 202 Å². The van der Waals surface area contributed by atoms with Crippen molar-refractivity contribution in [2.75, 3.05) is 11.9 Å². The first-order chi connectivity index (χ1) is 15.8. The maximum Gasteiger partial charge on any atom is 0.272 e. The van der Waals surface area contributed by atoms with Crippen LogP contribution in [0, 0.1) is 5.82 Å². The lowest BCUT2D eigenvalue weighted by atomic mass is 10.0. The maximum atomic E-state index is 13.3. The SMILES string of the molecule is CC(NC(=S)NC1N=C(c2ccccc2)c2cc(Cl)ccc2N(C)C1=O)c1ccc(F)cc1. The first-order valence-corrected chi connectivity index (χ1v) is 11.2. The molecule has 2 N–H and O–H groups in total. The van der Waals surface area contributed by atoms with Crippen LogP contribution in [-0.2, 0) is 4.79 Å². The van der Waals surface area contributed by atoms with Gasteiger partial charge in [-0.05, 0) is 55.0 Å². The number of nitrogens with zero attached hydrogens (tertiary/aromatic N) is 2. The fourth-order valence-corrected chi connectivity index (χ4v) is 4.12. The van der Waals surface area contributed by atoms with Crippen molar-refractivity contribution >= 4 is 46.2 Å². The fraction of sp³-hybridized carbons (Fsp3) is 0.160. The van der Waals surface area contributed by atoms with Crippen molar-refractivity contribution < 1.29 is 9.18 Å². The Kier molecular flexibility index (Phi) is 6.72. The van der Waals surface area contributed by atoms with E-state index < -0.39 is 6.17 Å². The molecule has 3 aromatic rings. The molecule has 2 atom stereocenters. The van der Waals surface area contributed by atoms with Crippen LogP contribution >= 0.6 is 23.8 Å². The molecular formula is C25H22ClFN4OS. The quantitative estimate of drug-likeness (QED) is 0.524. The third-order valence-electron chi connectivity index (χ3n) is 5.43. The second kappa shape index (κ2) is 9.68. The highest BCUT2D eigenvalue weighted by molar-refractivity contribution is 7.80. The van der Waals surface area contributed by atoms with E-state index >= 15 is 0 Å². The maximum absolute atomic E-state index is 13.3. The Morgan fingerprint density at radius 3 is 2.52 bits per heavy atom. The minimum atomic E-state index is -0.947. The van der Waals surface area contributed by atoms with E-state index in [2.05, 4.69) is 10.6 Å². The predicted molar refractivity (Wildman–Crippen MR) is 134 cm³/mol. The Bertz CT molecular complexity index is 1220. The van der Waals surface area contributed by atoms with Crippen LogP contribution in [0.15, 0.2) is 77.8 Å². The van der Waals surface area contributed by atoms with Crippen LogP contribution in [0.25, 0.3) is 0 Å². The predicted octanol–water partition coefficient (Wildman–Crippen LogP) is 4.84. The molecule has 0 aromatic heterocycles. The number of carbonyl (C=O) groups excluding carboxylic acids is 1. The highest BCUT2D eigenvalue weighted by Gasteiger charge is 2.30. The van der Waals surface area contributed by atoms with Crippen molar-refractivity contribution in [1.82, 2.24) is 10.6 Å². The average Bonchev–Trinajstić information content (AvgIpc) is 2.90. The van der Waals surface area contributed by atoms with E-state index in [9.17, 15) is 9.18 Å². The van der Waals surface area contributed by atoms with Gasteiger partial charge in [0, 0.05) is 23.2 Å². The third kappa shape index (κ3) is 5.05. The summed E-state index contributed by atoms with van der Waals surface area (Å²) in [5, 5.41) is 6.99. The molecule has 1 aliphatic rings. The van der Waals surface area contributed by atoms with Gasteiger partial charge in [0.25, 0.3) is 5.91 Å². The molecule has 0 saturated carbocycles. The Morgan fingerprint density at radius 1 is 1.12 bits per heavy atom. The zero-order valence-corrected chi connectivity index (χ0v) is 19.6. The number of rotatable bonds is 4. The number of carbonyl (C=O) groups is 1. The number of nitrogens with one attached hydrogen (secondary N) is 2. The van der Waals surface area contributed by atoms with Crippen molar-refractivity contribution in [3.05, 3.63) is 100 Å². The number of hydrogen-bond acceptors (Lipinski definition) is 3. The van der Waals surface area contributed by atoms with Crippen LogP contribution < -0.4 is 15.5 Å². The number of anilines is 1. The van der Waals surface area contributed by atoms with Gasteiger partial charge in [-0.25, -0.2) is 9.38 Å². The topological polar surface area (TPSA) is 56.7 Å². The van der Waals surface area contributed by atoms with Crippen LogP contribution in [-0.4, -0.2) is 29.9 Å². The number of halogens is 2. The molecule has 1 aliphatic heterocycles. The minimum absolute atomic E-state index is 0.196. The van der Waals surface area contributed by atoms with Crippen LogP contribution in [0.2, 0.25) is 5.02 Å². The van der Waals surface area contributed by atoms with Gasteiger partial charge in [-0.3, -0.25) is 4.79 Å². The van der Waals surface area contributed by atoms with Crippen LogP contribution in [0.5, 0.6) is 0 Å². The van der Waals surface area contributed by atoms with Crippen molar-refractivity contribution in [1.29, 1.82) is 0 Å². The lowest BCUT2D eigenvalue weighted by Crippen LogP contribution is -2.49. The number of amides is 1. The summed E-state index contributed by atoms with van der Waals surface area (Å²) in [5.74, 6) is -0.565. The molecule has 0 saturated heterocycles. The Balaban J connectivity index is 1.65. The van der Waals surface area contributed by atoms with Gasteiger partial charge >= 0.3 is 0 Å². The minimum Gasteiger partial charge on any atom is -0.356 e. The molecule has 2 unspecified atom stereocenters. The van der Waals surface area contributed by atoms with Crippen molar-refractivity contribution in [2.24, 2.45) is 4.99 Å². The summed E-state index contributed by atoms with van der Waals surface area (Å²) in [6.07, 6.45) is -0.947. The molecule has 8 heteroatoms. The molecule has 0 fully saturated rings. The summed E-state index contributed by atoms with van der Waals surface area (Å²) in [6.45, 7) is 1.90. The Morgan fingerprint density at radius 2 is 1.82 bits per heavy atom. The highest BCUT2D eigenvalue weighted by Crippen LogP contribution is 2.29. The van der Waals surface area contributed by atoms with Gasteiger partial charge < -0.3 is 15.5 Å². The molecule has 0 radical (unpaired) electrons. The van der Waals surface area contributed by atoms with Crippen LogP contribution in [0.3, 0.4) is 0 Å². The van der Waals surface area contributed by atoms with Crippen molar-refractivity contribution in [3.8, 4) is 0 Å². The summed E-state index contributed by atoms with van der Waals surface area (Å²) in [5.41, 5.74) is 3.81. The second-order valence-corrected chi connectivity index (χ2v) is 8.54. The largest absolute Gasteiger partial charge is 0.356 e. The number of likely N-dealkylation sites (N-methyl/N-ethyl adjacent to an activating group) is 1. The van der Waals surface area contributed by atoms with Crippen LogP contribution in [0.4, 0.5) is 10.1 Å². The van der Waals surface area contributed by atoms with Crippen molar-refractivity contribution in [2.45, 2.75) is 19.1 Å². The Hall–Kier alpha value is -3.29. The van der Waals surface area contributed by atoms with Gasteiger partial charge in [-0.2, -0.15) is 0 Å². The van der Waals surface area contributed by atoms with E-state index in [-0.39, 0.29) is 22.9 Å². The number of benzodiazepines with no additional fused rings is 1. The molecule has 0 aliphatic carbocycles. The second-order valence-electron chi connectivity index (χ2n) is 7.70. The average molecular weight is 481 g/mol. The number of fused-ring (bicyclic) bond motifs is 1. The van der Waals surface area contributed by atoms with Gasteiger partial charge in [-0.15, -0.1) is 0 Å². The fourth-order valence-electron chi connectivity index (χ4n) is 3.66. The summed E-state index contributed by atoms with van der Waals surface area (Å²) >= 11 is 11.8. The molecular weight excluding hydrogens is 459 g/mol. The molecule has 0 spiro atoms. The number of hydrogen-bond donors (Lipinski definition) is 2. The molecule has 4 rings (SSSR count). The van der Waals surface area contributed by atoms with E-state index in [1.165, 1.54) is 12.1 Å². The zero-order valence-electron chi connectivity index (χ0n) is 18.0. The van der Waals surface area contributed by atoms with E-state index in [1.807, 2.05) is 49.4 Å². The van der Waals surface area contributed by atoms with Crippen LogP contribution in [0.1, 0.15) is 29.7 Å². The summed E-state index contributed by atoms with van der Waals surface area (Å²) in [4.78, 5) is 19.6. The van der Waals surface area contributed by atoms with Gasteiger partial charge in [0.05, 0.1) is 17.4 Å². The summed E-state index contributed by atoms with van der Waals surface area (Å²) < 4.78 is 13.2. The normalized spacial score (nSPS) is 16.4. The molecule has 1 heterocycles. The van der Waals surface area contributed by atoms with Gasteiger partial charge in [-0.1, -0.05) is 54.1 Å². The monoisotopic (exact) mass is 480 g/mol. The van der Waals surface area contributed by atoms with Gasteiger partial charge in [0.1, 0.15) is 5.82 Å². The molecule has 168 valence electrons. The first-order valence-electron chi connectivity index (χ1n) is 10.4.